The van der Waals surface area contributed by atoms with Crippen LogP contribution in [-0.4, -0.2) is 55.5 Å². The molecular weight excluding hydrogens is 324 g/mol. The largest absolute Gasteiger partial charge is 0.340 e. The highest BCUT2D eigenvalue weighted by Crippen LogP contribution is 2.22. The molecule has 1 amide bonds. The molecule has 1 aliphatic heterocycles. The lowest BCUT2D eigenvalue weighted by Gasteiger charge is -2.29. The fourth-order valence-corrected chi connectivity index (χ4v) is 2.61. The first kappa shape index (κ1) is 19.8. The van der Waals surface area contributed by atoms with Gasteiger partial charge in [-0.25, -0.2) is 8.78 Å². The van der Waals surface area contributed by atoms with Gasteiger partial charge in [-0.2, -0.15) is 0 Å². The van der Waals surface area contributed by atoms with Gasteiger partial charge in [0.05, 0.1) is 0 Å². The smallest absolute Gasteiger partial charge is 0.223 e. The Hall–Kier alpha value is -1.24. The molecule has 0 radical (unpaired) electrons. The van der Waals surface area contributed by atoms with Gasteiger partial charge in [-0.05, 0) is 32.2 Å². The summed E-state index contributed by atoms with van der Waals surface area (Å²) < 4.78 is 27.1. The first-order chi connectivity index (χ1) is 10.5. The summed E-state index contributed by atoms with van der Waals surface area (Å²) in [5.41, 5.74) is 0.317. The molecule has 130 valence electrons. The predicted molar refractivity (Wildman–Crippen MR) is 88.7 cm³/mol. The number of hydrogen-bond acceptors (Lipinski definition) is 3. The van der Waals surface area contributed by atoms with Gasteiger partial charge in [-0.3, -0.25) is 9.69 Å². The van der Waals surface area contributed by atoms with Crippen molar-refractivity contribution >= 4 is 18.3 Å². The topological polar surface area (TPSA) is 35.6 Å². The average molecular weight is 348 g/mol. The van der Waals surface area contributed by atoms with Crippen LogP contribution in [0.15, 0.2) is 18.2 Å². The van der Waals surface area contributed by atoms with Gasteiger partial charge in [0.15, 0.2) is 0 Å². The van der Waals surface area contributed by atoms with Gasteiger partial charge < -0.3 is 10.2 Å². The highest BCUT2D eigenvalue weighted by atomic mass is 35.5. The second-order valence-electron chi connectivity index (χ2n) is 5.70. The molecule has 0 aliphatic carbocycles. The summed E-state index contributed by atoms with van der Waals surface area (Å²) in [4.78, 5) is 15.8. The van der Waals surface area contributed by atoms with Gasteiger partial charge in [0.25, 0.3) is 0 Å². The molecule has 7 heteroatoms. The van der Waals surface area contributed by atoms with E-state index in [9.17, 15) is 13.6 Å². The minimum atomic E-state index is -0.450. The quantitative estimate of drug-likeness (QED) is 0.887. The zero-order chi connectivity index (χ0) is 16.1. The normalized spacial score (nSPS) is 16.1. The van der Waals surface area contributed by atoms with Crippen molar-refractivity contribution < 1.29 is 13.6 Å². The number of nitrogens with one attached hydrogen (secondary N) is 1. The molecule has 1 aromatic carbocycles. The lowest BCUT2D eigenvalue weighted by molar-refractivity contribution is -0.132. The van der Waals surface area contributed by atoms with E-state index in [0.717, 1.165) is 38.3 Å². The van der Waals surface area contributed by atoms with Crippen molar-refractivity contribution in [3.63, 3.8) is 0 Å². The van der Waals surface area contributed by atoms with E-state index < -0.39 is 11.6 Å². The van der Waals surface area contributed by atoms with Crippen LogP contribution in [-0.2, 0) is 4.79 Å². The van der Waals surface area contributed by atoms with Gasteiger partial charge in [-0.1, -0.05) is 0 Å². The molecule has 1 atom stereocenters. The van der Waals surface area contributed by atoms with Crippen molar-refractivity contribution in [3.05, 3.63) is 35.4 Å². The molecule has 0 aromatic heterocycles. The van der Waals surface area contributed by atoms with Crippen molar-refractivity contribution in [1.82, 2.24) is 15.1 Å². The van der Waals surface area contributed by atoms with E-state index in [1.807, 2.05) is 23.8 Å². The molecular formula is C16H24ClF2N3O. The fourth-order valence-electron chi connectivity index (χ4n) is 2.61. The zero-order valence-corrected chi connectivity index (χ0v) is 14.3. The minimum absolute atomic E-state index is 0. The molecule has 1 N–H and O–H groups in total. The number of benzene rings is 1. The Labute approximate surface area is 142 Å². The summed E-state index contributed by atoms with van der Waals surface area (Å²) in [5.74, 6) is -0.761. The summed E-state index contributed by atoms with van der Waals surface area (Å²) in [7, 11) is 1.82. The monoisotopic (exact) mass is 347 g/mol. The van der Waals surface area contributed by atoms with Crippen LogP contribution in [0.5, 0.6) is 0 Å². The van der Waals surface area contributed by atoms with Gasteiger partial charge in [0.2, 0.25) is 5.91 Å². The Morgan fingerprint density at radius 3 is 2.65 bits per heavy atom. The van der Waals surface area contributed by atoms with Crippen molar-refractivity contribution in [2.75, 3.05) is 39.8 Å². The molecule has 4 nitrogen and oxygen atoms in total. The van der Waals surface area contributed by atoms with E-state index in [1.54, 1.807) is 0 Å². The minimum Gasteiger partial charge on any atom is -0.340 e. The maximum absolute atomic E-state index is 13.8. The first-order valence-corrected chi connectivity index (χ1v) is 7.62. The van der Waals surface area contributed by atoms with E-state index in [0.29, 0.717) is 18.5 Å². The number of hydrogen-bond donors (Lipinski definition) is 1. The van der Waals surface area contributed by atoms with E-state index in [-0.39, 0.29) is 24.4 Å². The standard InChI is InChI=1S/C16H23F2N3O.ClH/c1-12(14-11-13(17)3-4-15(14)18)20(2)8-5-16(22)21-9-6-19-7-10-21;/h3-4,11-12,19H,5-10H2,1-2H3;1H. The maximum Gasteiger partial charge on any atom is 0.223 e. The highest BCUT2D eigenvalue weighted by molar-refractivity contribution is 5.85. The van der Waals surface area contributed by atoms with Crippen LogP contribution < -0.4 is 5.32 Å². The third-order valence-corrected chi connectivity index (χ3v) is 4.22. The van der Waals surface area contributed by atoms with Gasteiger partial charge in [0, 0.05) is 50.7 Å². The predicted octanol–water partition coefficient (Wildman–Crippen LogP) is 2.20. The number of amides is 1. The van der Waals surface area contributed by atoms with Crippen LogP contribution in [0.2, 0.25) is 0 Å². The summed E-state index contributed by atoms with van der Waals surface area (Å²) in [6, 6.07) is 3.18. The van der Waals surface area contributed by atoms with Crippen molar-refractivity contribution in [3.8, 4) is 0 Å². The molecule has 1 unspecified atom stereocenters. The molecule has 1 heterocycles. The Balaban J connectivity index is 0.00000264. The summed E-state index contributed by atoms with van der Waals surface area (Å²) >= 11 is 0. The van der Waals surface area contributed by atoms with Crippen LogP contribution in [0.4, 0.5) is 8.78 Å². The van der Waals surface area contributed by atoms with Gasteiger partial charge >= 0.3 is 0 Å². The Morgan fingerprint density at radius 1 is 1.35 bits per heavy atom. The van der Waals surface area contributed by atoms with Crippen LogP contribution in [0.1, 0.15) is 24.9 Å². The zero-order valence-electron chi connectivity index (χ0n) is 13.5. The maximum atomic E-state index is 13.8. The summed E-state index contributed by atoms with van der Waals surface area (Å²) in [5, 5.41) is 3.20. The molecule has 1 aliphatic rings. The second kappa shape index (κ2) is 9.15. The number of piperazine rings is 1. The number of rotatable bonds is 5. The van der Waals surface area contributed by atoms with Gasteiger partial charge in [-0.15, -0.1) is 12.4 Å². The van der Waals surface area contributed by atoms with Crippen molar-refractivity contribution in [2.45, 2.75) is 19.4 Å². The molecule has 23 heavy (non-hydrogen) atoms. The number of nitrogens with zero attached hydrogens (tertiary/aromatic N) is 2. The second-order valence-corrected chi connectivity index (χ2v) is 5.70. The van der Waals surface area contributed by atoms with Gasteiger partial charge in [0.1, 0.15) is 11.6 Å². The van der Waals surface area contributed by atoms with Crippen LogP contribution in [0.3, 0.4) is 0 Å². The molecule has 1 fully saturated rings. The summed E-state index contributed by atoms with van der Waals surface area (Å²) in [6.07, 6.45) is 0.387. The van der Waals surface area contributed by atoms with Crippen molar-refractivity contribution in [2.24, 2.45) is 0 Å². The van der Waals surface area contributed by atoms with E-state index in [1.165, 1.54) is 6.07 Å². The lowest BCUT2D eigenvalue weighted by atomic mass is 10.1. The average Bonchev–Trinajstić information content (AvgIpc) is 2.54. The number of carbonyl (C=O) groups excluding carboxylic acids is 1. The Bertz CT molecular complexity index is 524. The van der Waals surface area contributed by atoms with Crippen LogP contribution >= 0.6 is 12.4 Å². The SMILES string of the molecule is CC(c1cc(F)ccc1F)N(C)CCC(=O)N1CCNCC1.Cl. The van der Waals surface area contributed by atoms with E-state index in [2.05, 4.69) is 5.32 Å². The number of carbonyl (C=O) groups is 1. The molecule has 2 rings (SSSR count). The Morgan fingerprint density at radius 2 is 2.00 bits per heavy atom. The Kier molecular flexibility index (Phi) is 7.88. The lowest BCUT2D eigenvalue weighted by Crippen LogP contribution is -2.47. The third-order valence-electron chi connectivity index (χ3n) is 4.22. The van der Waals surface area contributed by atoms with Crippen molar-refractivity contribution in [1.29, 1.82) is 0 Å². The van der Waals surface area contributed by atoms with Crippen LogP contribution in [0.25, 0.3) is 0 Å². The molecule has 0 spiro atoms. The van der Waals surface area contributed by atoms with Crippen LogP contribution in [0, 0.1) is 11.6 Å². The number of halogens is 3. The van der Waals surface area contributed by atoms with E-state index in [4.69, 9.17) is 0 Å². The molecule has 1 aromatic rings. The third kappa shape index (κ3) is 5.41. The molecule has 0 bridgehead atoms. The fraction of sp³-hybridized carbons (Fsp3) is 0.562. The summed E-state index contributed by atoms with van der Waals surface area (Å²) in [6.45, 7) is 5.44. The van der Waals surface area contributed by atoms with E-state index >= 15 is 0 Å². The molecule has 1 saturated heterocycles. The molecule has 0 saturated carbocycles. The highest BCUT2D eigenvalue weighted by Gasteiger charge is 2.20. The first-order valence-electron chi connectivity index (χ1n) is 7.62.